The third-order valence-electron chi connectivity index (χ3n) is 4.05. The lowest BCUT2D eigenvalue weighted by Crippen LogP contribution is -2.38. The molecule has 3 atom stereocenters. The Labute approximate surface area is 160 Å². The summed E-state index contributed by atoms with van der Waals surface area (Å²) in [4.78, 5) is 18.7. The predicted molar refractivity (Wildman–Crippen MR) is 107 cm³/mol. The summed E-state index contributed by atoms with van der Waals surface area (Å²) in [5.74, 6) is 0. The van der Waals surface area contributed by atoms with E-state index in [1.807, 2.05) is 27.7 Å². The van der Waals surface area contributed by atoms with E-state index in [-0.39, 0.29) is 18.2 Å². The number of nitrogens with two attached hydrogens (primary N) is 1. The number of amides is 1. The molecular formula is C18H33BrN4O2. The van der Waals surface area contributed by atoms with Crippen LogP contribution in [-0.4, -0.2) is 52.8 Å². The van der Waals surface area contributed by atoms with Gasteiger partial charge >= 0.3 is 6.09 Å². The van der Waals surface area contributed by atoms with Crippen molar-refractivity contribution < 1.29 is 9.53 Å². The summed E-state index contributed by atoms with van der Waals surface area (Å²) < 4.78 is 5.42. The minimum atomic E-state index is -0.471. The first-order valence-electron chi connectivity index (χ1n) is 8.91. The van der Waals surface area contributed by atoms with Gasteiger partial charge in [-0.1, -0.05) is 29.8 Å². The quantitative estimate of drug-likeness (QED) is 0.513. The number of carbonyl (C=O) groups excluding carboxylic acids is 1. The van der Waals surface area contributed by atoms with E-state index in [0.717, 1.165) is 18.5 Å². The molecule has 0 aromatic rings. The molecule has 6 nitrogen and oxygen atoms in total. The van der Waals surface area contributed by atoms with E-state index in [0.29, 0.717) is 23.6 Å². The fourth-order valence-electron chi connectivity index (χ4n) is 2.58. The number of nitrogens with one attached hydrogen (secondary N) is 1. The van der Waals surface area contributed by atoms with Crippen LogP contribution in [0.4, 0.5) is 4.79 Å². The Hall–Kier alpha value is -1.24. The maximum atomic E-state index is 12.1. The van der Waals surface area contributed by atoms with Gasteiger partial charge in [-0.05, 0) is 40.5 Å². The van der Waals surface area contributed by atoms with Crippen LogP contribution in [0.15, 0.2) is 16.4 Å². The molecule has 0 saturated carbocycles. The van der Waals surface area contributed by atoms with Gasteiger partial charge in [0.1, 0.15) is 5.60 Å². The Morgan fingerprint density at radius 3 is 2.68 bits per heavy atom. The Balaban J connectivity index is 2.58. The molecule has 1 unspecified atom stereocenters. The molecule has 0 radical (unpaired) electrons. The average molecular weight is 417 g/mol. The molecular weight excluding hydrogens is 384 g/mol. The number of alkyl halides is 1. The smallest absolute Gasteiger partial charge is 0.410 e. The summed E-state index contributed by atoms with van der Waals surface area (Å²) in [6, 6.07) is 0.386. The summed E-state index contributed by atoms with van der Waals surface area (Å²) >= 11 is 3.56. The summed E-state index contributed by atoms with van der Waals surface area (Å²) in [5, 5.41) is 3.40. The molecule has 7 heteroatoms. The number of rotatable bonds is 6. The van der Waals surface area contributed by atoms with Crippen LogP contribution in [0.3, 0.4) is 0 Å². The molecule has 1 amide bonds. The Morgan fingerprint density at radius 2 is 2.16 bits per heavy atom. The largest absolute Gasteiger partial charge is 0.444 e. The maximum Gasteiger partial charge on any atom is 0.410 e. The van der Waals surface area contributed by atoms with E-state index in [1.54, 1.807) is 11.1 Å². The van der Waals surface area contributed by atoms with Crippen LogP contribution in [0.2, 0.25) is 0 Å². The molecule has 0 aromatic heterocycles. The Morgan fingerprint density at radius 1 is 1.52 bits per heavy atom. The van der Waals surface area contributed by atoms with Crippen LogP contribution < -0.4 is 11.1 Å². The highest BCUT2D eigenvalue weighted by Crippen LogP contribution is 2.16. The second kappa shape index (κ2) is 9.46. The molecule has 0 aromatic carbocycles. The van der Waals surface area contributed by atoms with Gasteiger partial charge in [0.2, 0.25) is 0 Å². The van der Waals surface area contributed by atoms with Gasteiger partial charge in [0, 0.05) is 35.9 Å². The Bertz CT molecular complexity index is 512. The minimum Gasteiger partial charge on any atom is -0.444 e. The maximum absolute atomic E-state index is 12.1. The van der Waals surface area contributed by atoms with Crippen molar-refractivity contribution in [3.8, 4) is 0 Å². The van der Waals surface area contributed by atoms with Crippen molar-refractivity contribution in [3.05, 3.63) is 11.4 Å². The number of halogens is 1. The highest BCUT2D eigenvalue weighted by molar-refractivity contribution is 9.09. The number of carbonyl (C=O) groups is 1. The predicted octanol–water partition coefficient (Wildman–Crippen LogP) is 3.41. The molecule has 0 spiro atoms. The zero-order valence-corrected chi connectivity index (χ0v) is 17.9. The van der Waals surface area contributed by atoms with Gasteiger partial charge in [-0.2, -0.15) is 0 Å². The Kier molecular flexibility index (Phi) is 8.25. The molecule has 144 valence electrons. The van der Waals surface area contributed by atoms with E-state index in [1.165, 1.54) is 0 Å². The van der Waals surface area contributed by atoms with Gasteiger partial charge in [0.05, 0.1) is 11.7 Å². The van der Waals surface area contributed by atoms with Gasteiger partial charge < -0.3 is 20.7 Å². The van der Waals surface area contributed by atoms with Crippen molar-refractivity contribution in [2.24, 2.45) is 10.7 Å². The second-order valence-electron chi connectivity index (χ2n) is 7.57. The van der Waals surface area contributed by atoms with Gasteiger partial charge in [0.15, 0.2) is 0 Å². The number of ether oxygens (including phenoxy) is 1. The van der Waals surface area contributed by atoms with Crippen LogP contribution in [0.5, 0.6) is 0 Å². The normalized spacial score (nSPS) is 21.9. The summed E-state index contributed by atoms with van der Waals surface area (Å²) in [6.45, 7) is 13.1. The minimum absolute atomic E-state index is 0.177. The highest BCUT2D eigenvalue weighted by atomic mass is 79.9. The van der Waals surface area contributed by atoms with Crippen LogP contribution >= 0.6 is 15.9 Å². The van der Waals surface area contributed by atoms with E-state index < -0.39 is 5.60 Å². The van der Waals surface area contributed by atoms with Gasteiger partial charge in [-0.25, -0.2) is 4.79 Å². The second-order valence-corrected chi connectivity index (χ2v) is 9.01. The van der Waals surface area contributed by atoms with Crippen molar-refractivity contribution in [2.75, 3.05) is 13.1 Å². The number of nitrogens with zero attached hydrogens (tertiary/aromatic N) is 2. The first-order valence-corrected chi connectivity index (χ1v) is 9.83. The number of allylic oxidation sites excluding steroid dienone is 2. The summed E-state index contributed by atoms with van der Waals surface area (Å²) in [6.07, 6.45) is 3.30. The number of hydrogen-bond donors (Lipinski definition) is 2. The third kappa shape index (κ3) is 7.67. The van der Waals surface area contributed by atoms with Gasteiger partial charge in [-0.3, -0.25) is 4.99 Å². The molecule has 0 aliphatic carbocycles. The molecule has 25 heavy (non-hydrogen) atoms. The number of likely N-dealkylation sites (tertiary alicyclic amines) is 1. The fraction of sp³-hybridized carbons (Fsp3) is 0.778. The average Bonchev–Trinajstić information content (AvgIpc) is 2.94. The van der Waals surface area contributed by atoms with Gasteiger partial charge in [-0.15, -0.1) is 0 Å². The summed E-state index contributed by atoms with van der Waals surface area (Å²) in [5.41, 5.74) is 7.17. The van der Waals surface area contributed by atoms with E-state index >= 15 is 0 Å². The third-order valence-corrected chi connectivity index (χ3v) is 4.66. The zero-order valence-electron chi connectivity index (χ0n) is 16.3. The van der Waals surface area contributed by atoms with E-state index in [9.17, 15) is 4.79 Å². The molecule has 1 heterocycles. The summed E-state index contributed by atoms with van der Waals surface area (Å²) in [7, 11) is 0. The molecule has 1 fully saturated rings. The SMILES string of the molecule is CC[C@@H](/N=C\C(N)=C(/C)N[C@H]1CCN(C(=O)OC(C)(C)C)C1)C(C)Br. The van der Waals surface area contributed by atoms with E-state index in [4.69, 9.17) is 10.5 Å². The molecule has 1 aliphatic heterocycles. The van der Waals surface area contributed by atoms with Crippen LogP contribution in [-0.2, 0) is 4.74 Å². The monoisotopic (exact) mass is 416 g/mol. The number of aliphatic imine (C=N–C) groups is 1. The van der Waals surface area contributed by atoms with Crippen LogP contribution in [0.1, 0.15) is 54.4 Å². The van der Waals surface area contributed by atoms with Crippen molar-refractivity contribution in [1.29, 1.82) is 0 Å². The van der Waals surface area contributed by atoms with Crippen molar-refractivity contribution in [3.63, 3.8) is 0 Å². The topological polar surface area (TPSA) is 80.0 Å². The highest BCUT2D eigenvalue weighted by Gasteiger charge is 2.29. The number of hydrogen-bond acceptors (Lipinski definition) is 5. The molecule has 3 N–H and O–H groups in total. The van der Waals surface area contributed by atoms with Crippen molar-refractivity contribution >= 4 is 28.2 Å². The molecule has 0 bridgehead atoms. The van der Waals surface area contributed by atoms with Crippen LogP contribution in [0, 0.1) is 0 Å². The first-order chi connectivity index (χ1) is 11.5. The lowest BCUT2D eigenvalue weighted by atomic mass is 10.2. The lowest BCUT2D eigenvalue weighted by molar-refractivity contribution is 0.0291. The van der Waals surface area contributed by atoms with Crippen molar-refractivity contribution in [1.82, 2.24) is 10.2 Å². The standard InChI is InChI=1S/C18H33BrN4O2/c1-7-16(12(2)19)21-10-15(20)13(3)22-14-8-9-23(11-14)17(24)25-18(4,5)6/h10,12,14,16,22H,7-9,11,20H2,1-6H3/b15-13-,21-10-/t12?,14-,16+/m0/s1. The van der Waals surface area contributed by atoms with Gasteiger partial charge in [0.25, 0.3) is 0 Å². The van der Waals surface area contributed by atoms with E-state index in [2.05, 4.69) is 40.1 Å². The van der Waals surface area contributed by atoms with Crippen LogP contribution in [0.25, 0.3) is 0 Å². The zero-order chi connectivity index (χ0) is 19.2. The first kappa shape index (κ1) is 21.8. The molecule has 1 rings (SSSR count). The molecule has 1 aliphatic rings. The lowest BCUT2D eigenvalue weighted by Gasteiger charge is -2.24. The fourth-order valence-corrected chi connectivity index (χ4v) is 3.09. The molecule has 1 saturated heterocycles. The van der Waals surface area contributed by atoms with Crippen molar-refractivity contribution in [2.45, 2.75) is 76.9 Å².